The highest BCUT2D eigenvalue weighted by atomic mass is 16.4. The van der Waals surface area contributed by atoms with Gasteiger partial charge in [0.2, 0.25) is 0 Å². The Balaban J connectivity index is 2.44. The van der Waals surface area contributed by atoms with Crippen molar-refractivity contribution >= 4 is 12.3 Å². The first-order valence-corrected chi connectivity index (χ1v) is 4.69. The van der Waals surface area contributed by atoms with E-state index >= 15 is 0 Å². The second-order valence-corrected chi connectivity index (χ2v) is 3.31. The lowest BCUT2D eigenvalue weighted by molar-refractivity contribution is 0.0690. The number of carboxylic acids is 1. The zero-order valence-corrected chi connectivity index (χ0v) is 8.86. The molecule has 0 unspecified atom stereocenters. The van der Waals surface area contributed by atoms with Gasteiger partial charge in [-0.25, -0.2) is 19.4 Å². The van der Waals surface area contributed by atoms with Crippen molar-refractivity contribution in [3.05, 3.63) is 35.5 Å². The largest absolute Gasteiger partial charge is 0.476 e. The average molecular weight is 232 g/mol. The molecule has 0 radical (unpaired) electrons. The number of aromatic nitrogens is 4. The van der Waals surface area contributed by atoms with Gasteiger partial charge in [-0.1, -0.05) is 0 Å². The van der Waals surface area contributed by atoms with Crippen LogP contribution in [0.4, 0.5) is 0 Å². The summed E-state index contributed by atoms with van der Waals surface area (Å²) < 4.78 is 1.35. The summed E-state index contributed by atoms with van der Waals surface area (Å²) in [6, 6.07) is 1.43. The molecule has 0 atom stereocenters. The summed E-state index contributed by atoms with van der Waals surface area (Å²) in [5, 5.41) is 12.7. The zero-order valence-electron chi connectivity index (χ0n) is 8.86. The summed E-state index contributed by atoms with van der Waals surface area (Å²) >= 11 is 0. The number of hydrogen-bond acceptors (Lipinski definition) is 5. The van der Waals surface area contributed by atoms with Gasteiger partial charge in [-0.2, -0.15) is 5.10 Å². The van der Waals surface area contributed by atoms with Gasteiger partial charge in [0.25, 0.3) is 0 Å². The maximum Gasteiger partial charge on any atom is 0.356 e. The molecule has 0 saturated carbocycles. The van der Waals surface area contributed by atoms with Crippen molar-refractivity contribution in [3.8, 4) is 5.82 Å². The van der Waals surface area contributed by atoms with E-state index in [-0.39, 0.29) is 11.4 Å². The molecular formula is C10H8N4O3. The van der Waals surface area contributed by atoms with E-state index in [9.17, 15) is 9.59 Å². The van der Waals surface area contributed by atoms with E-state index in [2.05, 4.69) is 15.1 Å². The molecule has 0 aliphatic rings. The fraction of sp³-hybridized carbons (Fsp3) is 0.100. The van der Waals surface area contributed by atoms with Crippen LogP contribution in [0.25, 0.3) is 5.82 Å². The number of nitrogens with zero attached hydrogens (tertiary/aromatic N) is 4. The normalized spacial score (nSPS) is 10.2. The first-order chi connectivity index (χ1) is 8.11. The molecule has 0 aliphatic heterocycles. The molecule has 2 aromatic rings. The zero-order chi connectivity index (χ0) is 12.4. The standard InChI is InChI=1S/C10H8N4O3/c1-6-2-8(10(16)17)13-14(6)9-4-11-7(5-15)3-12-9/h2-5H,1H3,(H,16,17). The molecule has 17 heavy (non-hydrogen) atoms. The number of rotatable bonds is 3. The van der Waals surface area contributed by atoms with E-state index in [0.29, 0.717) is 17.8 Å². The molecule has 0 bridgehead atoms. The molecule has 0 aliphatic carbocycles. The molecule has 86 valence electrons. The monoisotopic (exact) mass is 232 g/mol. The summed E-state index contributed by atoms with van der Waals surface area (Å²) in [6.45, 7) is 1.70. The predicted molar refractivity (Wildman–Crippen MR) is 56.2 cm³/mol. The minimum absolute atomic E-state index is 0.0660. The van der Waals surface area contributed by atoms with E-state index in [0.717, 1.165) is 0 Å². The Morgan fingerprint density at radius 3 is 2.65 bits per heavy atom. The van der Waals surface area contributed by atoms with E-state index in [1.807, 2.05) is 0 Å². The Hall–Kier alpha value is -2.57. The second-order valence-electron chi connectivity index (χ2n) is 3.31. The van der Waals surface area contributed by atoms with Crippen molar-refractivity contribution in [2.24, 2.45) is 0 Å². The Kier molecular flexibility index (Phi) is 2.65. The van der Waals surface area contributed by atoms with Gasteiger partial charge < -0.3 is 5.11 Å². The van der Waals surface area contributed by atoms with E-state index in [1.165, 1.54) is 23.1 Å². The number of aldehydes is 1. The van der Waals surface area contributed by atoms with Gasteiger partial charge in [0.15, 0.2) is 17.8 Å². The van der Waals surface area contributed by atoms with Gasteiger partial charge in [-0.05, 0) is 13.0 Å². The van der Waals surface area contributed by atoms with Crippen molar-refractivity contribution in [1.82, 2.24) is 19.7 Å². The highest BCUT2D eigenvalue weighted by Crippen LogP contribution is 2.09. The molecule has 7 nitrogen and oxygen atoms in total. The van der Waals surface area contributed by atoms with Gasteiger partial charge in [0.05, 0.1) is 12.4 Å². The van der Waals surface area contributed by atoms with Crippen molar-refractivity contribution in [3.63, 3.8) is 0 Å². The third-order valence-corrected chi connectivity index (χ3v) is 2.10. The topological polar surface area (TPSA) is 98.0 Å². The third kappa shape index (κ3) is 2.03. The molecule has 0 aromatic carbocycles. The maximum absolute atomic E-state index is 10.7. The van der Waals surface area contributed by atoms with Crippen LogP contribution in [0.5, 0.6) is 0 Å². The lowest BCUT2D eigenvalue weighted by Crippen LogP contribution is -2.05. The van der Waals surface area contributed by atoms with Crippen LogP contribution in [-0.4, -0.2) is 37.1 Å². The molecule has 0 fully saturated rings. The first kappa shape index (κ1) is 10.9. The fourth-order valence-corrected chi connectivity index (χ4v) is 1.31. The lowest BCUT2D eigenvalue weighted by atomic mass is 10.4. The predicted octanol–water partition coefficient (Wildman–Crippen LogP) is 0.481. The summed E-state index contributed by atoms with van der Waals surface area (Å²) in [6.07, 6.45) is 3.23. The summed E-state index contributed by atoms with van der Waals surface area (Å²) in [5.41, 5.74) is 0.760. The molecule has 2 rings (SSSR count). The van der Waals surface area contributed by atoms with Crippen molar-refractivity contribution in [2.45, 2.75) is 6.92 Å². The van der Waals surface area contributed by atoms with Gasteiger partial charge in [0.1, 0.15) is 5.69 Å². The number of hydrogen-bond donors (Lipinski definition) is 1. The van der Waals surface area contributed by atoms with E-state index in [4.69, 9.17) is 5.11 Å². The highest BCUT2D eigenvalue weighted by Gasteiger charge is 2.12. The Morgan fingerprint density at radius 2 is 2.18 bits per heavy atom. The molecule has 2 aromatic heterocycles. The van der Waals surface area contributed by atoms with Gasteiger partial charge >= 0.3 is 5.97 Å². The third-order valence-electron chi connectivity index (χ3n) is 2.10. The lowest BCUT2D eigenvalue weighted by Gasteiger charge is -2.01. The Labute approximate surface area is 95.7 Å². The van der Waals surface area contributed by atoms with Crippen LogP contribution in [0.2, 0.25) is 0 Å². The average Bonchev–Trinajstić information content (AvgIpc) is 2.72. The number of carbonyl (C=O) groups excluding carboxylic acids is 1. The van der Waals surface area contributed by atoms with Gasteiger partial charge in [-0.15, -0.1) is 0 Å². The van der Waals surface area contributed by atoms with Crippen LogP contribution in [0.1, 0.15) is 26.7 Å². The number of carboxylic acid groups (broad SMARTS) is 1. The Bertz CT molecular complexity index is 574. The van der Waals surface area contributed by atoms with Crippen LogP contribution >= 0.6 is 0 Å². The van der Waals surface area contributed by atoms with Crippen LogP contribution in [0.15, 0.2) is 18.5 Å². The van der Waals surface area contributed by atoms with Crippen LogP contribution in [-0.2, 0) is 0 Å². The van der Waals surface area contributed by atoms with Gasteiger partial charge in [-0.3, -0.25) is 4.79 Å². The first-order valence-electron chi connectivity index (χ1n) is 4.69. The second kappa shape index (κ2) is 4.12. The van der Waals surface area contributed by atoms with Crippen molar-refractivity contribution in [1.29, 1.82) is 0 Å². The van der Waals surface area contributed by atoms with Crippen molar-refractivity contribution < 1.29 is 14.7 Å². The van der Waals surface area contributed by atoms with Crippen LogP contribution < -0.4 is 0 Å². The summed E-state index contributed by atoms with van der Waals surface area (Å²) in [5.74, 6) is -0.745. The van der Waals surface area contributed by atoms with Crippen LogP contribution in [0, 0.1) is 6.92 Å². The molecule has 0 amide bonds. The van der Waals surface area contributed by atoms with Crippen LogP contribution in [0.3, 0.4) is 0 Å². The molecular weight excluding hydrogens is 224 g/mol. The highest BCUT2D eigenvalue weighted by molar-refractivity contribution is 5.85. The smallest absolute Gasteiger partial charge is 0.356 e. The maximum atomic E-state index is 10.7. The molecule has 1 N–H and O–H groups in total. The molecule has 7 heteroatoms. The van der Waals surface area contributed by atoms with E-state index in [1.54, 1.807) is 6.92 Å². The minimum Gasteiger partial charge on any atom is -0.476 e. The fourth-order valence-electron chi connectivity index (χ4n) is 1.31. The summed E-state index contributed by atoms with van der Waals surface area (Å²) in [7, 11) is 0. The summed E-state index contributed by atoms with van der Waals surface area (Å²) in [4.78, 5) is 28.9. The molecule has 0 saturated heterocycles. The molecule has 0 spiro atoms. The molecule has 2 heterocycles. The van der Waals surface area contributed by atoms with Gasteiger partial charge in [0, 0.05) is 5.69 Å². The SMILES string of the molecule is Cc1cc(C(=O)O)nn1-c1cnc(C=O)cn1. The minimum atomic E-state index is -1.11. The number of aryl methyl sites for hydroxylation is 1. The Morgan fingerprint density at radius 1 is 1.41 bits per heavy atom. The van der Waals surface area contributed by atoms with Crippen molar-refractivity contribution in [2.75, 3.05) is 0 Å². The quantitative estimate of drug-likeness (QED) is 0.773. The number of carbonyl (C=O) groups is 2. The number of aromatic carboxylic acids is 1. The van der Waals surface area contributed by atoms with E-state index < -0.39 is 5.97 Å².